The van der Waals surface area contributed by atoms with E-state index in [2.05, 4.69) is 20.8 Å². The van der Waals surface area contributed by atoms with Crippen molar-refractivity contribution in [2.45, 2.75) is 44.6 Å². The number of ether oxygens (including phenoxy) is 2. The van der Waals surface area contributed by atoms with Crippen molar-refractivity contribution in [3.63, 3.8) is 0 Å². The van der Waals surface area contributed by atoms with Crippen LogP contribution in [0, 0.1) is 12.7 Å². The Morgan fingerprint density at radius 1 is 1.13 bits per heavy atom. The molecule has 0 saturated carbocycles. The van der Waals surface area contributed by atoms with E-state index in [1.165, 1.54) is 18.2 Å². The van der Waals surface area contributed by atoms with E-state index < -0.39 is 34.8 Å². The molecular weight excluding hydrogens is 549 g/mol. The maximum absolute atomic E-state index is 13.4. The lowest BCUT2D eigenvalue weighted by atomic mass is 10.1. The summed E-state index contributed by atoms with van der Waals surface area (Å²) in [4.78, 5) is 50.5. The third-order valence-corrected chi connectivity index (χ3v) is 7.72. The number of anilines is 1. The molecule has 0 unspecified atom stereocenters. The molecule has 0 bridgehead atoms. The quantitative estimate of drug-likeness (QED) is 0.258. The lowest BCUT2D eigenvalue weighted by molar-refractivity contribution is -0.115. The average Bonchev–Trinajstić information content (AvgIpc) is 3.41. The number of nitrogens with zero attached hydrogens (tertiary/aromatic N) is 3. The topological polar surface area (TPSA) is 142 Å². The fraction of sp³-hybridized carbons (Fsp3) is 0.360. The molecule has 0 saturated heterocycles. The summed E-state index contributed by atoms with van der Waals surface area (Å²) >= 11 is 2.06. The first kappa shape index (κ1) is 29.8. The molecule has 11 nitrogen and oxygen atoms in total. The van der Waals surface area contributed by atoms with Gasteiger partial charge in [0.25, 0.3) is 5.91 Å². The van der Waals surface area contributed by atoms with Gasteiger partial charge in [-0.2, -0.15) is 0 Å². The summed E-state index contributed by atoms with van der Waals surface area (Å²) in [6.07, 6.45) is 0. The zero-order chi connectivity index (χ0) is 28.7. The van der Waals surface area contributed by atoms with E-state index in [4.69, 9.17) is 9.47 Å². The molecule has 0 radical (unpaired) electrons. The van der Waals surface area contributed by atoms with Crippen molar-refractivity contribution < 1.29 is 33.0 Å². The molecule has 14 heteroatoms. The standard InChI is InChI=1S/C25H28FN5O6S2/c1-6-36-23(34)18-13(3)19(24(35)37-7-2)39-22(18)28-20(32)14(4)38-25-30-29-17(31(25)5)12-27-21(33)15-9-8-10-16(26)11-15/h8-11,14H,6-7,12H2,1-5H3,(H,27,33)(H,28,32)/t14-/m1/s1. The monoisotopic (exact) mass is 577 g/mol. The highest BCUT2D eigenvalue weighted by Gasteiger charge is 2.29. The molecule has 0 aliphatic rings. The van der Waals surface area contributed by atoms with Crippen LogP contribution >= 0.6 is 23.1 Å². The second-order valence-corrected chi connectivity index (χ2v) is 10.4. The normalized spacial score (nSPS) is 11.5. The molecule has 39 heavy (non-hydrogen) atoms. The Balaban J connectivity index is 1.69. The molecule has 208 valence electrons. The zero-order valence-electron chi connectivity index (χ0n) is 22.0. The largest absolute Gasteiger partial charge is 0.462 e. The van der Waals surface area contributed by atoms with Gasteiger partial charge in [-0.3, -0.25) is 9.59 Å². The smallest absolute Gasteiger partial charge is 0.348 e. The average molecular weight is 578 g/mol. The van der Waals surface area contributed by atoms with Crippen molar-refractivity contribution in [3.8, 4) is 0 Å². The van der Waals surface area contributed by atoms with Crippen LogP contribution in [-0.2, 0) is 27.9 Å². The summed E-state index contributed by atoms with van der Waals surface area (Å²) in [5, 5.41) is 13.5. The minimum Gasteiger partial charge on any atom is -0.462 e. The van der Waals surface area contributed by atoms with Gasteiger partial charge in [-0.25, -0.2) is 14.0 Å². The Bertz CT molecular complexity index is 1390. The van der Waals surface area contributed by atoms with Gasteiger partial charge in [0.2, 0.25) is 5.91 Å². The molecule has 2 aromatic heterocycles. The van der Waals surface area contributed by atoms with Gasteiger partial charge in [0.1, 0.15) is 15.7 Å². The number of nitrogens with one attached hydrogen (secondary N) is 2. The van der Waals surface area contributed by atoms with Crippen molar-refractivity contribution in [2.75, 3.05) is 18.5 Å². The Morgan fingerprint density at radius 3 is 2.49 bits per heavy atom. The number of aromatic nitrogens is 3. The summed E-state index contributed by atoms with van der Waals surface area (Å²) in [6, 6.07) is 5.32. The lowest BCUT2D eigenvalue weighted by Gasteiger charge is -2.12. The number of halogens is 1. The minimum absolute atomic E-state index is 0.0357. The molecule has 3 aromatic rings. The fourth-order valence-corrected chi connectivity index (χ4v) is 5.29. The van der Waals surface area contributed by atoms with Crippen molar-refractivity contribution in [1.82, 2.24) is 20.1 Å². The molecule has 2 N–H and O–H groups in total. The van der Waals surface area contributed by atoms with Crippen molar-refractivity contribution in [2.24, 2.45) is 7.05 Å². The van der Waals surface area contributed by atoms with E-state index in [1.807, 2.05) is 0 Å². The lowest BCUT2D eigenvalue weighted by Crippen LogP contribution is -2.25. The summed E-state index contributed by atoms with van der Waals surface area (Å²) in [6.45, 7) is 6.89. The van der Waals surface area contributed by atoms with Gasteiger partial charge in [-0.05, 0) is 51.5 Å². The highest BCUT2D eigenvalue weighted by atomic mass is 32.2. The van der Waals surface area contributed by atoms with Gasteiger partial charge in [0.05, 0.1) is 30.6 Å². The van der Waals surface area contributed by atoms with Crippen LogP contribution in [0.4, 0.5) is 9.39 Å². The maximum atomic E-state index is 13.4. The van der Waals surface area contributed by atoms with Crippen LogP contribution in [0.25, 0.3) is 0 Å². The van der Waals surface area contributed by atoms with Crippen LogP contribution in [0.3, 0.4) is 0 Å². The van der Waals surface area contributed by atoms with Crippen molar-refractivity contribution in [1.29, 1.82) is 0 Å². The number of esters is 2. The molecule has 0 fully saturated rings. The number of thiophene rings is 1. The third-order valence-electron chi connectivity index (χ3n) is 5.39. The van der Waals surface area contributed by atoms with Gasteiger partial charge in [0, 0.05) is 12.6 Å². The van der Waals surface area contributed by atoms with Crippen LogP contribution in [0.15, 0.2) is 29.4 Å². The van der Waals surface area contributed by atoms with E-state index in [1.54, 1.807) is 39.3 Å². The highest BCUT2D eigenvalue weighted by Crippen LogP contribution is 2.35. The Labute approximate surface area is 232 Å². The Morgan fingerprint density at radius 2 is 1.82 bits per heavy atom. The predicted molar refractivity (Wildman–Crippen MR) is 143 cm³/mol. The summed E-state index contributed by atoms with van der Waals surface area (Å²) < 4.78 is 25.2. The molecule has 0 aliphatic heterocycles. The molecule has 0 spiro atoms. The fourth-order valence-electron chi connectivity index (χ4n) is 3.36. The van der Waals surface area contributed by atoms with Crippen molar-refractivity contribution in [3.05, 3.63) is 57.5 Å². The van der Waals surface area contributed by atoms with Crippen LogP contribution in [0.5, 0.6) is 0 Å². The molecule has 2 amide bonds. The second kappa shape index (κ2) is 13.3. The molecule has 3 rings (SSSR count). The molecule has 2 heterocycles. The Kier molecular flexibility index (Phi) is 10.2. The number of rotatable bonds is 11. The molecule has 1 atom stereocenters. The predicted octanol–water partition coefficient (Wildman–Crippen LogP) is 3.73. The van der Waals surface area contributed by atoms with Crippen LogP contribution in [0.2, 0.25) is 0 Å². The Hall–Kier alpha value is -3.78. The number of amides is 2. The van der Waals surface area contributed by atoms with E-state index in [0.717, 1.165) is 29.2 Å². The van der Waals surface area contributed by atoms with Crippen LogP contribution < -0.4 is 10.6 Å². The number of hydrogen-bond acceptors (Lipinski definition) is 10. The van der Waals surface area contributed by atoms with Gasteiger partial charge < -0.3 is 24.7 Å². The van der Waals surface area contributed by atoms with E-state index in [0.29, 0.717) is 16.5 Å². The summed E-state index contributed by atoms with van der Waals surface area (Å²) in [7, 11) is 1.68. The minimum atomic E-state index is -0.675. The summed E-state index contributed by atoms with van der Waals surface area (Å²) in [5.74, 6) is -2.25. The van der Waals surface area contributed by atoms with Crippen molar-refractivity contribution >= 4 is 51.9 Å². The second-order valence-electron chi connectivity index (χ2n) is 8.10. The molecular formula is C25H28FN5O6S2. The first-order valence-corrected chi connectivity index (χ1v) is 13.6. The first-order valence-electron chi connectivity index (χ1n) is 11.9. The first-order chi connectivity index (χ1) is 18.6. The van der Waals surface area contributed by atoms with E-state index >= 15 is 0 Å². The van der Waals surface area contributed by atoms with Gasteiger partial charge >= 0.3 is 11.9 Å². The van der Waals surface area contributed by atoms with Gasteiger partial charge in [-0.15, -0.1) is 21.5 Å². The maximum Gasteiger partial charge on any atom is 0.348 e. The number of benzene rings is 1. The molecule has 0 aliphatic carbocycles. The van der Waals surface area contributed by atoms with E-state index in [-0.39, 0.29) is 40.8 Å². The van der Waals surface area contributed by atoms with Crippen LogP contribution in [0.1, 0.15) is 62.5 Å². The molecule has 1 aromatic carbocycles. The number of hydrogen-bond donors (Lipinski definition) is 2. The number of thioether (sulfide) groups is 1. The van der Waals surface area contributed by atoms with E-state index in [9.17, 15) is 23.6 Å². The van der Waals surface area contributed by atoms with Crippen LogP contribution in [-0.4, -0.2) is 57.0 Å². The highest BCUT2D eigenvalue weighted by molar-refractivity contribution is 8.00. The third kappa shape index (κ3) is 7.20. The van der Waals surface area contributed by atoms with Gasteiger partial charge in [0.15, 0.2) is 11.0 Å². The zero-order valence-corrected chi connectivity index (χ0v) is 23.6. The number of carbonyl (C=O) groups is 4. The SMILES string of the molecule is CCOC(=O)c1sc(NC(=O)[C@@H](C)Sc2nnc(CNC(=O)c3cccc(F)c3)n2C)c(C(=O)OCC)c1C. The van der Waals surface area contributed by atoms with Gasteiger partial charge in [-0.1, -0.05) is 17.8 Å². The summed E-state index contributed by atoms with van der Waals surface area (Å²) in [5.41, 5.74) is 0.644. The number of carbonyl (C=O) groups excluding carboxylic acids is 4.